The van der Waals surface area contributed by atoms with Crippen LogP contribution in [0.3, 0.4) is 0 Å². The maximum absolute atomic E-state index is 11.0. The molecule has 0 fully saturated rings. The largest absolute Gasteiger partial charge is 0.463 e. The van der Waals surface area contributed by atoms with Crippen molar-refractivity contribution in [2.75, 3.05) is 19.8 Å². The minimum atomic E-state index is -0.548. The van der Waals surface area contributed by atoms with Gasteiger partial charge in [0.2, 0.25) is 0 Å². The number of carbonyl (C=O) groups is 3. The summed E-state index contributed by atoms with van der Waals surface area (Å²) in [5.74, 6) is -1.79. The Balaban J connectivity index is 4.16. The van der Waals surface area contributed by atoms with E-state index in [9.17, 15) is 14.4 Å². The molecule has 0 saturated heterocycles. The number of rotatable bonds is 11. The van der Waals surface area contributed by atoms with Crippen LogP contribution in [0.2, 0.25) is 0 Å². The van der Waals surface area contributed by atoms with Gasteiger partial charge in [0.15, 0.2) is 0 Å². The molecule has 0 aromatic carbocycles. The first-order valence-electron chi connectivity index (χ1n) is 6.41. The molecule has 0 aliphatic heterocycles. The first kappa shape index (κ1) is 18.6. The van der Waals surface area contributed by atoms with Crippen LogP contribution in [0, 0.1) is 5.92 Å². The second-order valence-corrected chi connectivity index (χ2v) is 4.05. The van der Waals surface area contributed by atoms with Crippen LogP contribution in [0.15, 0.2) is 38.0 Å². The van der Waals surface area contributed by atoms with Gasteiger partial charge in [-0.15, -0.1) is 0 Å². The Hall–Kier alpha value is -2.37. The van der Waals surface area contributed by atoms with Gasteiger partial charge in [0.1, 0.15) is 0 Å². The van der Waals surface area contributed by atoms with E-state index in [0.29, 0.717) is 12.8 Å². The first-order valence-corrected chi connectivity index (χ1v) is 6.41. The summed E-state index contributed by atoms with van der Waals surface area (Å²) in [6.07, 6.45) is 4.29. The Kier molecular flexibility index (Phi) is 10.2. The van der Waals surface area contributed by atoms with Gasteiger partial charge < -0.3 is 14.2 Å². The molecule has 0 rings (SSSR count). The van der Waals surface area contributed by atoms with E-state index in [1.54, 1.807) is 0 Å². The number of hydrogen-bond acceptors (Lipinski definition) is 6. The monoisotopic (exact) mass is 296 g/mol. The minimum Gasteiger partial charge on any atom is -0.463 e. The van der Waals surface area contributed by atoms with Crippen LogP contribution in [-0.2, 0) is 28.6 Å². The lowest BCUT2D eigenvalue weighted by Crippen LogP contribution is -2.20. The van der Waals surface area contributed by atoms with Crippen LogP contribution in [0.1, 0.15) is 12.8 Å². The summed E-state index contributed by atoms with van der Waals surface area (Å²) in [5, 5.41) is 0. The molecule has 6 nitrogen and oxygen atoms in total. The van der Waals surface area contributed by atoms with Gasteiger partial charge in [-0.3, -0.25) is 0 Å². The smallest absolute Gasteiger partial charge is 0.330 e. The number of carbonyl (C=O) groups excluding carboxylic acids is 3. The van der Waals surface area contributed by atoms with E-state index in [1.807, 2.05) is 0 Å². The average molecular weight is 296 g/mol. The van der Waals surface area contributed by atoms with Crippen molar-refractivity contribution in [3.63, 3.8) is 0 Å². The summed E-state index contributed by atoms with van der Waals surface area (Å²) in [4.78, 5) is 32.9. The predicted octanol–water partition coefficient (Wildman–Crippen LogP) is 1.57. The molecule has 0 aromatic rings. The highest BCUT2D eigenvalue weighted by atomic mass is 16.5. The highest BCUT2D eigenvalue weighted by Gasteiger charge is 2.13. The fourth-order valence-electron chi connectivity index (χ4n) is 1.34. The Morgan fingerprint density at radius 3 is 1.67 bits per heavy atom. The number of ether oxygens (including phenoxy) is 3. The van der Waals surface area contributed by atoms with Gasteiger partial charge in [-0.25, -0.2) is 14.4 Å². The van der Waals surface area contributed by atoms with Gasteiger partial charge in [-0.1, -0.05) is 19.7 Å². The Labute approximate surface area is 124 Å². The van der Waals surface area contributed by atoms with Crippen molar-refractivity contribution in [1.82, 2.24) is 0 Å². The second-order valence-electron chi connectivity index (χ2n) is 4.05. The van der Waals surface area contributed by atoms with Crippen molar-refractivity contribution in [3.05, 3.63) is 38.0 Å². The molecule has 0 unspecified atom stereocenters. The summed E-state index contributed by atoms with van der Waals surface area (Å²) in [6, 6.07) is 0. The molecule has 116 valence electrons. The third kappa shape index (κ3) is 10.1. The van der Waals surface area contributed by atoms with Crippen LogP contribution in [0.25, 0.3) is 0 Å². The Morgan fingerprint density at radius 1 is 0.810 bits per heavy atom. The summed E-state index contributed by atoms with van der Waals surface area (Å²) in [6.45, 7) is 10.3. The number of esters is 3. The highest BCUT2D eigenvalue weighted by molar-refractivity contribution is 5.81. The molecule has 6 heteroatoms. The van der Waals surface area contributed by atoms with Crippen LogP contribution in [-0.4, -0.2) is 37.7 Å². The second kappa shape index (κ2) is 11.5. The molecule has 0 saturated carbocycles. The van der Waals surface area contributed by atoms with E-state index in [-0.39, 0.29) is 25.7 Å². The summed E-state index contributed by atoms with van der Waals surface area (Å²) in [7, 11) is 0. The van der Waals surface area contributed by atoms with Crippen molar-refractivity contribution in [2.45, 2.75) is 12.8 Å². The van der Waals surface area contributed by atoms with E-state index in [0.717, 1.165) is 18.2 Å². The summed E-state index contributed by atoms with van der Waals surface area (Å²) in [5.41, 5.74) is 0. The van der Waals surface area contributed by atoms with Crippen molar-refractivity contribution < 1.29 is 28.6 Å². The van der Waals surface area contributed by atoms with Crippen LogP contribution >= 0.6 is 0 Å². The van der Waals surface area contributed by atoms with Gasteiger partial charge >= 0.3 is 17.9 Å². The normalized spacial score (nSPS) is 9.57. The van der Waals surface area contributed by atoms with Gasteiger partial charge in [0.05, 0.1) is 19.8 Å². The van der Waals surface area contributed by atoms with Crippen molar-refractivity contribution in [3.8, 4) is 0 Å². The van der Waals surface area contributed by atoms with Gasteiger partial charge in [0, 0.05) is 24.1 Å². The van der Waals surface area contributed by atoms with Crippen molar-refractivity contribution in [2.24, 2.45) is 5.92 Å². The zero-order valence-electron chi connectivity index (χ0n) is 11.9. The van der Waals surface area contributed by atoms with E-state index in [1.165, 1.54) is 0 Å². The molecule has 0 spiro atoms. The molecule has 0 aliphatic rings. The van der Waals surface area contributed by atoms with E-state index in [2.05, 4.69) is 19.7 Å². The quantitative estimate of drug-likeness (QED) is 0.249. The standard InChI is InChI=1S/C15H20O6/c1-4-13(16)19-9-7-8-12(10-20-14(17)5-2)11-21-15(18)6-3/h4-6,12H,1-3,7-11H2. The van der Waals surface area contributed by atoms with Gasteiger partial charge in [-0.2, -0.15) is 0 Å². The molecule has 0 atom stereocenters. The molecule has 0 radical (unpaired) electrons. The summed E-state index contributed by atoms with van der Waals surface area (Å²) >= 11 is 0. The SMILES string of the molecule is C=CC(=O)OCCCC(COC(=O)C=C)COC(=O)C=C. The molecule has 0 amide bonds. The van der Waals surface area contributed by atoms with Crippen LogP contribution < -0.4 is 0 Å². The zero-order valence-corrected chi connectivity index (χ0v) is 11.9. The Morgan fingerprint density at radius 2 is 1.24 bits per heavy atom. The molecule has 0 N–H and O–H groups in total. The van der Waals surface area contributed by atoms with Crippen LogP contribution in [0.5, 0.6) is 0 Å². The summed E-state index contributed by atoms with van der Waals surface area (Å²) < 4.78 is 14.7. The molecular formula is C15H20O6. The molecular weight excluding hydrogens is 276 g/mol. The third-order valence-corrected chi connectivity index (χ3v) is 2.42. The maximum atomic E-state index is 11.0. The third-order valence-electron chi connectivity index (χ3n) is 2.42. The highest BCUT2D eigenvalue weighted by Crippen LogP contribution is 2.09. The lowest BCUT2D eigenvalue weighted by atomic mass is 10.1. The fourth-order valence-corrected chi connectivity index (χ4v) is 1.34. The van der Waals surface area contributed by atoms with E-state index in [4.69, 9.17) is 14.2 Å². The minimum absolute atomic E-state index is 0.0880. The zero-order chi connectivity index (χ0) is 16.1. The fraction of sp³-hybridized carbons (Fsp3) is 0.400. The molecule has 0 aromatic heterocycles. The molecule has 21 heavy (non-hydrogen) atoms. The molecule has 0 aliphatic carbocycles. The van der Waals surface area contributed by atoms with Crippen LogP contribution in [0.4, 0.5) is 0 Å². The molecule has 0 heterocycles. The van der Waals surface area contributed by atoms with E-state index >= 15 is 0 Å². The predicted molar refractivity (Wildman–Crippen MR) is 76.2 cm³/mol. The number of hydrogen-bond donors (Lipinski definition) is 0. The lowest BCUT2D eigenvalue weighted by molar-refractivity contribution is -0.143. The Bertz CT molecular complexity index is 375. The lowest BCUT2D eigenvalue weighted by Gasteiger charge is -2.16. The first-order chi connectivity index (χ1) is 10.0. The topological polar surface area (TPSA) is 78.9 Å². The maximum Gasteiger partial charge on any atom is 0.330 e. The van der Waals surface area contributed by atoms with Crippen molar-refractivity contribution in [1.29, 1.82) is 0 Å². The van der Waals surface area contributed by atoms with E-state index < -0.39 is 17.9 Å². The molecule has 0 bridgehead atoms. The van der Waals surface area contributed by atoms with Gasteiger partial charge in [-0.05, 0) is 12.8 Å². The average Bonchev–Trinajstić information content (AvgIpc) is 2.51. The van der Waals surface area contributed by atoms with Crippen molar-refractivity contribution >= 4 is 17.9 Å². The van der Waals surface area contributed by atoms with Gasteiger partial charge in [0.25, 0.3) is 0 Å².